The minimum atomic E-state index is -4.06. The number of rotatable bonds is 10. The Balaban J connectivity index is 0.000000332. The number of aromatic nitrogens is 6. The summed E-state index contributed by atoms with van der Waals surface area (Å²) in [6.07, 6.45) is 8.46. The fraction of sp³-hybridized carbons (Fsp3) is 0.370. The Kier molecular flexibility index (Phi) is 14.6. The summed E-state index contributed by atoms with van der Waals surface area (Å²) in [5.41, 5.74) is 1.86. The fourth-order valence-electron chi connectivity index (χ4n) is 4.06. The van der Waals surface area contributed by atoms with Crippen molar-refractivity contribution in [2.24, 2.45) is 21.4 Å². The molecule has 0 atom stereocenters. The number of imidazole rings is 2. The molecule has 46 heavy (non-hydrogen) atoms. The van der Waals surface area contributed by atoms with E-state index in [0.717, 1.165) is 4.52 Å². The molecule has 0 saturated carbocycles. The molecule has 0 radical (unpaired) electrons. The second kappa shape index (κ2) is 17.2. The Morgan fingerprint density at radius 3 is 1.63 bits per heavy atom. The van der Waals surface area contributed by atoms with E-state index in [1.54, 1.807) is 42.5 Å². The summed E-state index contributed by atoms with van der Waals surface area (Å²) in [5, 5.41) is 12.6. The van der Waals surface area contributed by atoms with Gasteiger partial charge in [-0.2, -0.15) is 27.6 Å². The van der Waals surface area contributed by atoms with Gasteiger partial charge in [0.1, 0.15) is 6.34 Å². The maximum Gasteiger partial charge on any atom is 0.304 e. The molecular weight excluding hydrogens is 701 g/mol. The lowest BCUT2D eigenvalue weighted by Gasteiger charge is -2.23. The second-order valence-corrected chi connectivity index (χ2v) is 14.2. The van der Waals surface area contributed by atoms with Crippen LogP contribution in [0.2, 0.25) is 10.3 Å². The van der Waals surface area contributed by atoms with Gasteiger partial charge in [-0.1, -0.05) is 63.0 Å². The second-order valence-electron chi connectivity index (χ2n) is 10.5. The van der Waals surface area contributed by atoms with E-state index in [2.05, 4.69) is 64.1 Å². The molecular formula is C27H36Cl3N9O5S2. The number of halogens is 3. The molecule has 0 unspecified atom stereocenters. The Bertz CT molecular complexity index is 1930. The zero-order valence-corrected chi connectivity index (χ0v) is 29.9. The van der Waals surface area contributed by atoms with Gasteiger partial charge in [0.15, 0.2) is 21.6 Å². The molecule has 0 aliphatic heterocycles. The lowest BCUT2D eigenvalue weighted by Crippen LogP contribution is -2.30. The van der Waals surface area contributed by atoms with Crippen LogP contribution in [0, 0.1) is 11.8 Å². The van der Waals surface area contributed by atoms with E-state index in [4.69, 9.17) is 33.0 Å². The molecule has 0 amide bonds. The van der Waals surface area contributed by atoms with E-state index in [1.807, 2.05) is 24.8 Å². The van der Waals surface area contributed by atoms with Crippen molar-refractivity contribution in [3.63, 3.8) is 0 Å². The van der Waals surface area contributed by atoms with Gasteiger partial charge >= 0.3 is 10.0 Å². The average molecular weight is 737 g/mol. The summed E-state index contributed by atoms with van der Waals surface area (Å²) >= 11 is 15.5. The predicted molar refractivity (Wildman–Crippen MR) is 182 cm³/mol. The van der Waals surface area contributed by atoms with Gasteiger partial charge in [0.2, 0.25) is 10.1 Å². The van der Waals surface area contributed by atoms with Gasteiger partial charge in [0.05, 0.1) is 23.3 Å². The van der Waals surface area contributed by atoms with Crippen molar-refractivity contribution in [2.45, 2.75) is 51.6 Å². The van der Waals surface area contributed by atoms with Gasteiger partial charge in [-0.3, -0.25) is 4.66 Å². The normalized spacial score (nSPS) is 12.5. The topological polar surface area (TPSA) is 191 Å². The molecule has 0 bridgehead atoms. The summed E-state index contributed by atoms with van der Waals surface area (Å²) in [4.78, 5) is 9.85. The summed E-state index contributed by atoms with van der Waals surface area (Å²) in [5.74, 6) is 0.754. The van der Waals surface area contributed by atoms with Crippen LogP contribution in [0.25, 0.3) is 23.4 Å². The van der Waals surface area contributed by atoms with Crippen LogP contribution in [0.5, 0.6) is 0 Å². The molecule has 19 heteroatoms. The number of primary sulfonamides is 1. The zero-order chi connectivity index (χ0) is 34.8. The number of nitrogens with zero attached hydrogens (tertiary/aromatic N) is 8. The molecule has 0 aliphatic rings. The summed E-state index contributed by atoms with van der Waals surface area (Å²) in [7, 11) is -8.03. The van der Waals surface area contributed by atoms with Gasteiger partial charge in [-0.05, 0) is 62.1 Å². The minimum absolute atomic E-state index is 0.142. The summed E-state index contributed by atoms with van der Waals surface area (Å²) in [6, 6.07) is 6.72. The molecule has 4 rings (SSSR count). The summed E-state index contributed by atoms with van der Waals surface area (Å²) in [6.45, 7) is 13.4. The quantitative estimate of drug-likeness (QED) is 0.167. The Labute approximate surface area is 283 Å². The highest BCUT2D eigenvalue weighted by molar-refractivity contribution is 7.90. The molecule has 4 aromatic rings. The number of sulfonamides is 2. The fourth-order valence-corrected chi connectivity index (χ4v) is 6.63. The molecule has 3 N–H and O–H groups in total. The van der Waals surface area contributed by atoms with Crippen LogP contribution in [0.15, 0.2) is 50.9 Å². The Morgan fingerprint density at radius 2 is 1.24 bits per heavy atom. The third kappa shape index (κ3) is 10.4. The number of fused-ring (bicyclic) bond motifs is 2. The minimum Gasteiger partial charge on any atom is -0.361 e. The first-order chi connectivity index (χ1) is 21.6. The molecule has 4 heterocycles. The SMILES string of the molecule is C/C=C/c1ccc2nc(Cl)c(S(N)(=O)=O)n2n1.CC=Cc1ccc2nc(Cl)c(S(=O)(=O)N=CN(CC(C)C)CC(C)C)n2n1.OCl. The van der Waals surface area contributed by atoms with E-state index >= 15 is 0 Å². The predicted octanol–water partition coefficient (Wildman–Crippen LogP) is 4.94. The first kappa shape index (κ1) is 39.1. The van der Waals surface area contributed by atoms with E-state index < -0.39 is 20.0 Å². The maximum atomic E-state index is 12.8. The van der Waals surface area contributed by atoms with Crippen LogP contribution in [0.1, 0.15) is 52.9 Å². The third-order valence-electron chi connectivity index (χ3n) is 5.57. The molecule has 0 fully saturated rings. The molecule has 0 aliphatic carbocycles. The van der Waals surface area contributed by atoms with Gasteiger partial charge in [0.25, 0.3) is 10.0 Å². The standard InChI is InChI=1S/C18H26ClN5O2S.C9H9ClN4O2S.ClHO/c1-6-7-15-8-9-16-21-17(19)18(24(16)22-15)27(25,26)20-12-23(10-13(2)3)11-14(4)5;1-2-3-6-4-5-7-12-8(10)9(14(7)13-6)17(11,15)16;1-2/h6-9,12-14H,10-11H2,1-5H3;2-5H,1H3,(H2,11,15,16);2H/b;3-2+;. The molecule has 0 spiro atoms. The summed E-state index contributed by atoms with van der Waals surface area (Å²) < 4.78 is 61.1. The van der Waals surface area contributed by atoms with Crippen molar-refractivity contribution in [2.75, 3.05) is 13.1 Å². The van der Waals surface area contributed by atoms with Gasteiger partial charge in [-0.25, -0.2) is 23.5 Å². The highest BCUT2D eigenvalue weighted by Crippen LogP contribution is 2.24. The van der Waals surface area contributed by atoms with Crippen molar-refractivity contribution < 1.29 is 21.5 Å². The van der Waals surface area contributed by atoms with Crippen LogP contribution in [0.4, 0.5) is 0 Å². The van der Waals surface area contributed by atoms with Crippen molar-refractivity contribution in [1.29, 1.82) is 0 Å². The highest BCUT2D eigenvalue weighted by Gasteiger charge is 2.25. The van der Waals surface area contributed by atoms with Gasteiger partial charge < -0.3 is 4.90 Å². The van der Waals surface area contributed by atoms with Crippen LogP contribution in [-0.2, 0) is 20.0 Å². The van der Waals surface area contributed by atoms with Crippen LogP contribution in [0.3, 0.4) is 0 Å². The number of allylic oxidation sites excluding steroid dienone is 2. The number of nitrogens with two attached hydrogens (primary N) is 1. The van der Waals surface area contributed by atoms with E-state index in [9.17, 15) is 16.8 Å². The Morgan fingerprint density at radius 1 is 0.826 bits per heavy atom. The lowest BCUT2D eigenvalue weighted by molar-refractivity contribution is 0.336. The largest absolute Gasteiger partial charge is 0.361 e. The van der Waals surface area contributed by atoms with Crippen LogP contribution in [-0.4, -0.2) is 75.0 Å². The van der Waals surface area contributed by atoms with Gasteiger partial charge in [0, 0.05) is 13.1 Å². The third-order valence-corrected chi connectivity index (χ3v) is 8.45. The van der Waals surface area contributed by atoms with Crippen molar-refractivity contribution in [3.8, 4) is 0 Å². The van der Waals surface area contributed by atoms with Crippen molar-refractivity contribution >= 4 is 84.9 Å². The van der Waals surface area contributed by atoms with E-state index in [0.29, 0.717) is 47.6 Å². The van der Waals surface area contributed by atoms with Crippen LogP contribution < -0.4 is 5.14 Å². The number of hydrogen-bond donors (Lipinski definition) is 2. The molecule has 4 aromatic heterocycles. The highest BCUT2D eigenvalue weighted by atomic mass is 35.5. The molecule has 252 valence electrons. The van der Waals surface area contributed by atoms with Crippen molar-refractivity contribution in [1.82, 2.24) is 34.1 Å². The monoisotopic (exact) mass is 735 g/mol. The average Bonchev–Trinajstić information content (AvgIpc) is 3.48. The molecule has 14 nitrogen and oxygen atoms in total. The van der Waals surface area contributed by atoms with Crippen LogP contribution >= 0.6 is 35.1 Å². The molecule has 0 aromatic carbocycles. The zero-order valence-electron chi connectivity index (χ0n) is 26.0. The maximum absolute atomic E-state index is 12.8. The van der Waals surface area contributed by atoms with E-state index in [-0.39, 0.29) is 20.4 Å². The molecule has 0 saturated heterocycles. The lowest BCUT2D eigenvalue weighted by atomic mass is 10.1. The Hall–Kier alpha value is -3.12. The smallest absolute Gasteiger partial charge is 0.304 e. The first-order valence-corrected chi connectivity index (χ1v) is 17.8. The van der Waals surface area contributed by atoms with E-state index in [1.165, 1.54) is 10.9 Å². The van der Waals surface area contributed by atoms with Crippen molar-refractivity contribution in [3.05, 3.63) is 58.1 Å². The van der Waals surface area contributed by atoms with Gasteiger partial charge in [-0.15, -0.1) is 4.40 Å². The first-order valence-electron chi connectivity index (χ1n) is 13.7. The number of hydrogen-bond acceptors (Lipinski definition) is 9.